The molecule has 138 valence electrons. The van der Waals surface area contributed by atoms with Gasteiger partial charge in [-0.1, -0.05) is 78.9 Å². The van der Waals surface area contributed by atoms with E-state index in [0.717, 1.165) is 27.6 Å². The van der Waals surface area contributed by atoms with Crippen LogP contribution in [0.1, 0.15) is 21.6 Å². The number of amides is 1. The number of benzene rings is 3. The maximum Gasteiger partial charge on any atom is 0.254 e. The van der Waals surface area contributed by atoms with Gasteiger partial charge in [0.1, 0.15) is 0 Å². The minimum absolute atomic E-state index is 0.165. The van der Waals surface area contributed by atoms with E-state index in [2.05, 4.69) is 10.3 Å². The minimum atomic E-state index is -0.170. The van der Waals surface area contributed by atoms with Gasteiger partial charge in [0.25, 0.3) is 5.91 Å². The Labute approximate surface area is 169 Å². The van der Waals surface area contributed by atoms with E-state index in [0.29, 0.717) is 17.8 Å². The van der Waals surface area contributed by atoms with Crippen LogP contribution in [0.5, 0.6) is 0 Å². The summed E-state index contributed by atoms with van der Waals surface area (Å²) in [5, 5.41) is 3.96. The van der Waals surface area contributed by atoms with Crippen molar-refractivity contribution in [3.8, 4) is 11.1 Å². The molecule has 1 amide bonds. The van der Waals surface area contributed by atoms with Gasteiger partial charge in [-0.25, -0.2) is 0 Å². The molecule has 0 fully saturated rings. The molecule has 0 aliphatic carbocycles. The summed E-state index contributed by atoms with van der Waals surface area (Å²) >= 11 is 6.21. The van der Waals surface area contributed by atoms with Gasteiger partial charge in [-0.2, -0.15) is 0 Å². The normalized spacial score (nSPS) is 10.8. The monoisotopic (exact) mass is 386 g/mol. The number of alkyl halides is 1. The number of pyridine rings is 1. The van der Waals surface area contributed by atoms with Crippen molar-refractivity contribution in [2.24, 2.45) is 0 Å². The zero-order valence-electron chi connectivity index (χ0n) is 15.2. The van der Waals surface area contributed by atoms with Crippen LogP contribution in [-0.2, 0) is 12.4 Å². The lowest BCUT2D eigenvalue weighted by Gasteiger charge is -2.16. The highest BCUT2D eigenvalue weighted by Gasteiger charge is 2.21. The number of para-hydroxylation sites is 1. The first kappa shape index (κ1) is 18.2. The number of carbonyl (C=O) groups is 1. The van der Waals surface area contributed by atoms with Gasteiger partial charge in [-0.15, -0.1) is 11.6 Å². The van der Waals surface area contributed by atoms with Crippen molar-refractivity contribution in [2.75, 3.05) is 0 Å². The molecule has 0 saturated heterocycles. The van der Waals surface area contributed by atoms with Gasteiger partial charge < -0.3 is 5.32 Å². The lowest BCUT2D eigenvalue weighted by Crippen LogP contribution is -2.25. The van der Waals surface area contributed by atoms with Crippen molar-refractivity contribution >= 4 is 28.4 Å². The maximum absolute atomic E-state index is 13.2. The van der Waals surface area contributed by atoms with Gasteiger partial charge >= 0.3 is 0 Å². The van der Waals surface area contributed by atoms with Crippen LogP contribution in [-0.4, -0.2) is 10.9 Å². The molecule has 0 unspecified atom stereocenters. The second kappa shape index (κ2) is 8.24. The summed E-state index contributed by atoms with van der Waals surface area (Å²) in [6.07, 6.45) is 0. The van der Waals surface area contributed by atoms with Gasteiger partial charge in [0.05, 0.1) is 22.7 Å². The molecule has 0 aliphatic rings. The van der Waals surface area contributed by atoms with E-state index >= 15 is 0 Å². The van der Waals surface area contributed by atoms with Gasteiger partial charge in [0.2, 0.25) is 0 Å². The molecule has 28 heavy (non-hydrogen) atoms. The van der Waals surface area contributed by atoms with Crippen molar-refractivity contribution in [3.63, 3.8) is 0 Å². The molecule has 0 spiro atoms. The average Bonchev–Trinajstić information content (AvgIpc) is 2.77. The zero-order valence-corrected chi connectivity index (χ0v) is 16.0. The Morgan fingerprint density at radius 1 is 0.857 bits per heavy atom. The summed E-state index contributed by atoms with van der Waals surface area (Å²) < 4.78 is 0. The first-order valence-electron chi connectivity index (χ1n) is 9.13. The summed E-state index contributed by atoms with van der Waals surface area (Å²) in [4.78, 5) is 17.9. The largest absolute Gasteiger partial charge is 0.348 e. The molecular formula is C24H19ClN2O. The van der Waals surface area contributed by atoms with Crippen LogP contribution in [0.2, 0.25) is 0 Å². The molecule has 0 saturated carbocycles. The molecule has 0 aliphatic heterocycles. The Morgan fingerprint density at radius 2 is 1.50 bits per heavy atom. The van der Waals surface area contributed by atoms with Crippen molar-refractivity contribution in [1.82, 2.24) is 10.3 Å². The second-order valence-electron chi connectivity index (χ2n) is 6.49. The number of aromatic nitrogens is 1. The molecule has 4 heteroatoms. The summed E-state index contributed by atoms with van der Waals surface area (Å²) in [5.74, 6) is -0.00437. The van der Waals surface area contributed by atoms with E-state index in [9.17, 15) is 4.79 Å². The van der Waals surface area contributed by atoms with Crippen LogP contribution in [0, 0.1) is 0 Å². The zero-order chi connectivity index (χ0) is 19.3. The highest BCUT2D eigenvalue weighted by Crippen LogP contribution is 2.33. The number of halogens is 1. The quantitative estimate of drug-likeness (QED) is 0.455. The first-order chi connectivity index (χ1) is 13.8. The minimum Gasteiger partial charge on any atom is -0.348 e. The summed E-state index contributed by atoms with van der Waals surface area (Å²) in [5.41, 5.74) is 4.83. The number of hydrogen-bond donors (Lipinski definition) is 1. The lowest BCUT2D eigenvalue weighted by atomic mass is 9.94. The average molecular weight is 387 g/mol. The third-order valence-electron chi connectivity index (χ3n) is 4.68. The smallest absolute Gasteiger partial charge is 0.254 e. The summed E-state index contributed by atoms with van der Waals surface area (Å²) in [7, 11) is 0. The van der Waals surface area contributed by atoms with Gasteiger partial charge in [0.15, 0.2) is 0 Å². The molecule has 0 bridgehead atoms. The van der Waals surface area contributed by atoms with E-state index in [1.165, 1.54) is 0 Å². The van der Waals surface area contributed by atoms with E-state index in [1.807, 2.05) is 84.9 Å². The number of rotatable bonds is 5. The summed E-state index contributed by atoms with van der Waals surface area (Å²) in [6.45, 7) is 0.447. The van der Waals surface area contributed by atoms with E-state index in [-0.39, 0.29) is 11.8 Å². The molecule has 1 N–H and O–H groups in total. The van der Waals surface area contributed by atoms with Crippen molar-refractivity contribution < 1.29 is 4.79 Å². The first-order valence-corrected chi connectivity index (χ1v) is 9.66. The number of fused-ring (bicyclic) bond motifs is 1. The second-order valence-corrected chi connectivity index (χ2v) is 6.76. The van der Waals surface area contributed by atoms with E-state index in [4.69, 9.17) is 11.6 Å². The number of nitrogens with zero attached hydrogens (tertiary/aromatic N) is 1. The SMILES string of the molecule is O=C(NCc1ccccc1)c1c(CCl)nc2ccccc2c1-c1ccccc1. The van der Waals surface area contributed by atoms with Crippen LogP contribution in [0.15, 0.2) is 84.9 Å². The van der Waals surface area contributed by atoms with E-state index < -0.39 is 0 Å². The fourth-order valence-electron chi connectivity index (χ4n) is 3.38. The Balaban J connectivity index is 1.85. The molecule has 3 nitrogen and oxygen atoms in total. The van der Waals surface area contributed by atoms with Gasteiger partial charge in [-0.3, -0.25) is 9.78 Å². The number of hydrogen-bond acceptors (Lipinski definition) is 2. The van der Waals surface area contributed by atoms with Crippen LogP contribution >= 0.6 is 11.6 Å². The van der Waals surface area contributed by atoms with Crippen LogP contribution in [0.25, 0.3) is 22.0 Å². The third kappa shape index (κ3) is 3.62. The fraction of sp³-hybridized carbons (Fsp3) is 0.0833. The van der Waals surface area contributed by atoms with Crippen molar-refractivity contribution in [3.05, 3.63) is 102 Å². The maximum atomic E-state index is 13.2. The fourth-order valence-corrected chi connectivity index (χ4v) is 3.57. The summed E-state index contributed by atoms with van der Waals surface area (Å²) in [6, 6.07) is 27.6. The van der Waals surface area contributed by atoms with Crippen LogP contribution in [0.3, 0.4) is 0 Å². The molecule has 1 aromatic heterocycles. The highest BCUT2D eigenvalue weighted by atomic mass is 35.5. The molecular weight excluding hydrogens is 368 g/mol. The molecule has 0 radical (unpaired) electrons. The Hall–Kier alpha value is -3.17. The lowest BCUT2D eigenvalue weighted by molar-refractivity contribution is 0.0950. The Morgan fingerprint density at radius 3 is 2.21 bits per heavy atom. The van der Waals surface area contributed by atoms with Gasteiger partial charge in [0, 0.05) is 17.5 Å². The van der Waals surface area contributed by atoms with Gasteiger partial charge in [-0.05, 0) is 17.2 Å². The number of carbonyl (C=O) groups excluding carboxylic acids is 1. The van der Waals surface area contributed by atoms with Crippen LogP contribution < -0.4 is 5.32 Å². The Kier molecular flexibility index (Phi) is 5.36. The molecule has 4 aromatic rings. The predicted molar refractivity (Wildman–Crippen MR) is 114 cm³/mol. The Bertz CT molecular complexity index is 1110. The van der Waals surface area contributed by atoms with Crippen molar-refractivity contribution in [1.29, 1.82) is 0 Å². The molecule has 1 heterocycles. The topological polar surface area (TPSA) is 42.0 Å². The molecule has 4 rings (SSSR count). The van der Waals surface area contributed by atoms with E-state index in [1.54, 1.807) is 0 Å². The molecule has 3 aromatic carbocycles. The molecule has 0 atom stereocenters. The predicted octanol–water partition coefficient (Wildman–Crippen LogP) is 5.57. The number of nitrogens with one attached hydrogen (secondary N) is 1. The standard InChI is InChI=1S/C24H19ClN2O/c25-15-21-23(24(28)26-16-17-9-3-1-4-10-17)22(18-11-5-2-6-12-18)19-13-7-8-14-20(19)27-21/h1-14H,15-16H2,(H,26,28). The third-order valence-corrected chi connectivity index (χ3v) is 4.93. The van der Waals surface area contributed by atoms with Crippen molar-refractivity contribution in [2.45, 2.75) is 12.4 Å². The van der Waals surface area contributed by atoms with Crippen LogP contribution in [0.4, 0.5) is 0 Å². The highest BCUT2D eigenvalue weighted by molar-refractivity contribution is 6.19.